The summed E-state index contributed by atoms with van der Waals surface area (Å²) in [5.41, 5.74) is 7.08. The monoisotopic (exact) mass is 319 g/mol. The molecule has 1 aliphatic rings. The first kappa shape index (κ1) is 17.3. The average molecular weight is 319 g/mol. The molecule has 0 atom stereocenters. The van der Waals surface area contributed by atoms with E-state index >= 15 is 0 Å². The Morgan fingerprint density at radius 2 is 2.04 bits per heavy atom. The summed E-state index contributed by atoms with van der Waals surface area (Å²) < 4.78 is 0. The second kappa shape index (κ2) is 8.01. The van der Waals surface area contributed by atoms with Crippen LogP contribution < -0.4 is 11.1 Å². The van der Waals surface area contributed by atoms with Gasteiger partial charge in [-0.15, -0.1) is 0 Å². The molecule has 1 aromatic rings. The molecule has 7 heteroatoms. The summed E-state index contributed by atoms with van der Waals surface area (Å²) in [6, 6.07) is 1.94. The summed E-state index contributed by atoms with van der Waals surface area (Å²) >= 11 is 0. The Morgan fingerprint density at radius 3 is 2.65 bits per heavy atom. The highest BCUT2D eigenvalue weighted by Gasteiger charge is 2.23. The zero-order valence-corrected chi connectivity index (χ0v) is 13.8. The van der Waals surface area contributed by atoms with Crippen LogP contribution in [0.15, 0.2) is 6.07 Å². The van der Waals surface area contributed by atoms with Crippen molar-refractivity contribution in [2.45, 2.75) is 38.5 Å². The Bertz CT molecular complexity index is 568. The molecule has 0 aliphatic carbocycles. The number of aromatic nitrogens is 2. The number of nitrogens with zero attached hydrogens (tertiary/aromatic N) is 3. The third-order valence-electron chi connectivity index (χ3n) is 4.14. The third kappa shape index (κ3) is 5.28. The van der Waals surface area contributed by atoms with Gasteiger partial charge in [0.25, 0.3) is 0 Å². The van der Waals surface area contributed by atoms with E-state index in [1.54, 1.807) is 7.05 Å². The van der Waals surface area contributed by atoms with E-state index in [1.165, 1.54) is 0 Å². The van der Waals surface area contributed by atoms with Crippen LogP contribution in [0.1, 0.15) is 42.4 Å². The maximum Gasteiger partial charge on any atom is 0.231 e. The highest BCUT2D eigenvalue weighted by atomic mass is 16.1. The van der Waals surface area contributed by atoms with E-state index in [0.717, 1.165) is 43.1 Å². The van der Waals surface area contributed by atoms with Crippen molar-refractivity contribution in [2.75, 3.05) is 26.7 Å². The minimum Gasteiger partial charge on any atom is -0.369 e. The van der Waals surface area contributed by atoms with Gasteiger partial charge in [0.2, 0.25) is 11.8 Å². The van der Waals surface area contributed by atoms with Crippen LogP contribution in [-0.2, 0) is 16.0 Å². The van der Waals surface area contributed by atoms with Gasteiger partial charge in [0.1, 0.15) is 5.82 Å². The molecule has 1 aromatic heterocycles. The first-order valence-electron chi connectivity index (χ1n) is 8.03. The average Bonchev–Trinajstić information content (AvgIpc) is 2.52. The van der Waals surface area contributed by atoms with Gasteiger partial charge in [-0.05, 0) is 45.3 Å². The summed E-state index contributed by atoms with van der Waals surface area (Å²) in [4.78, 5) is 33.7. The molecule has 2 amide bonds. The number of carbonyl (C=O) groups excluding carboxylic acids is 2. The van der Waals surface area contributed by atoms with Crippen molar-refractivity contribution in [1.82, 2.24) is 20.2 Å². The number of amides is 2. The van der Waals surface area contributed by atoms with Crippen molar-refractivity contribution >= 4 is 11.8 Å². The molecule has 1 aliphatic heterocycles. The number of primary amides is 1. The molecule has 3 N–H and O–H groups in total. The zero-order valence-electron chi connectivity index (χ0n) is 13.8. The molecular weight excluding hydrogens is 294 g/mol. The van der Waals surface area contributed by atoms with Crippen molar-refractivity contribution in [1.29, 1.82) is 0 Å². The summed E-state index contributed by atoms with van der Waals surface area (Å²) in [5, 5.41) is 2.62. The SMILES string of the molecule is CNC(=O)CCc1cc(C)nc(C2CCN(CC(N)=O)CC2)n1. The molecule has 126 valence electrons. The molecule has 2 rings (SSSR count). The molecule has 0 saturated carbocycles. The van der Waals surface area contributed by atoms with Gasteiger partial charge in [0.05, 0.1) is 6.54 Å². The van der Waals surface area contributed by atoms with Gasteiger partial charge < -0.3 is 11.1 Å². The van der Waals surface area contributed by atoms with E-state index in [-0.39, 0.29) is 11.8 Å². The molecule has 0 unspecified atom stereocenters. The number of nitrogens with two attached hydrogens (primary N) is 1. The Hall–Kier alpha value is -2.02. The highest BCUT2D eigenvalue weighted by molar-refractivity contribution is 5.76. The maximum absolute atomic E-state index is 11.4. The smallest absolute Gasteiger partial charge is 0.231 e. The van der Waals surface area contributed by atoms with E-state index in [2.05, 4.69) is 20.2 Å². The summed E-state index contributed by atoms with van der Waals surface area (Å²) in [6.45, 7) is 3.94. The Balaban J connectivity index is 1.98. The largest absolute Gasteiger partial charge is 0.369 e. The van der Waals surface area contributed by atoms with E-state index in [0.29, 0.717) is 25.3 Å². The van der Waals surface area contributed by atoms with Crippen molar-refractivity contribution in [3.05, 3.63) is 23.3 Å². The second-order valence-corrected chi connectivity index (χ2v) is 6.05. The Morgan fingerprint density at radius 1 is 1.35 bits per heavy atom. The molecule has 0 bridgehead atoms. The molecular formula is C16H25N5O2. The van der Waals surface area contributed by atoms with Crippen molar-refractivity contribution in [3.63, 3.8) is 0 Å². The summed E-state index contributed by atoms with van der Waals surface area (Å²) in [5.74, 6) is 0.891. The number of likely N-dealkylation sites (tertiary alicyclic amines) is 1. The number of hydrogen-bond donors (Lipinski definition) is 2. The molecule has 1 fully saturated rings. The first-order chi connectivity index (χ1) is 11.0. The minimum atomic E-state index is -0.285. The fourth-order valence-electron chi connectivity index (χ4n) is 2.91. The number of nitrogens with one attached hydrogen (secondary N) is 1. The number of carbonyl (C=O) groups is 2. The molecule has 0 spiro atoms. The lowest BCUT2D eigenvalue weighted by molar-refractivity contribution is -0.121. The maximum atomic E-state index is 11.4. The first-order valence-corrected chi connectivity index (χ1v) is 8.03. The molecule has 7 nitrogen and oxygen atoms in total. The van der Waals surface area contributed by atoms with Gasteiger partial charge in [-0.25, -0.2) is 9.97 Å². The van der Waals surface area contributed by atoms with E-state index in [1.807, 2.05) is 13.0 Å². The van der Waals surface area contributed by atoms with E-state index < -0.39 is 0 Å². The lowest BCUT2D eigenvalue weighted by Crippen LogP contribution is -2.39. The van der Waals surface area contributed by atoms with Crippen LogP contribution in [0.25, 0.3) is 0 Å². The summed E-state index contributed by atoms with van der Waals surface area (Å²) in [7, 11) is 1.64. The molecule has 2 heterocycles. The predicted octanol–water partition coefficient (Wildman–Crippen LogP) is 0.128. The molecule has 23 heavy (non-hydrogen) atoms. The van der Waals surface area contributed by atoms with Gasteiger partial charge in [-0.2, -0.15) is 0 Å². The second-order valence-electron chi connectivity index (χ2n) is 6.05. The van der Waals surface area contributed by atoms with Crippen LogP contribution in [0.3, 0.4) is 0 Å². The zero-order chi connectivity index (χ0) is 16.8. The van der Waals surface area contributed by atoms with Crippen molar-refractivity contribution < 1.29 is 9.59 Å². The van der Waals surface area contributed by atoms with Crippen LogP contribution in [0, 0.1) is 6.92 Å². The standard InChI is InChI=1S/C16H25N5O2/c1-11-9-13(3-4-15(23)18-2)20-16(19-11)12-5-7-21(8-6-12)10-14(17)22/h9,12H,3-8,10H2,1-2H3,(H2,17,22)(H,18,23). The Kier molecular flexibility index (Phi) is 6.04. The number of rotatable bonds is 6. The lowest BCUT2D eigenvalue weighted by atomic mass is 9.95. The predicted molar refractivity (Wildman–Crippen MR) is 86.8 cm³/mol. The lowest BCUT2D eigenvalue weighted by Gasteiger charge is -2.30. The van der Waals surface area contributed by atoms with E-state index in [4.69, 9.17) is 5.73 Å². The van der Waals surface area contributed by atoms with Crippen LogP contribution >= 0.6 is 0 Å². The third-order valence-corrected chi connectivity index (χ3v) is 4.14. The van der Waals surface area contributed by atoms with Gasteiger partial charge in [0.15, 0.2) is 0 Å². The normalized spacial score (nSPS) is 16.3. The van der Waals surface area contributed by atoms with Crippen LogP contribution in [-0.4, -0.2) is 53.4 Å². The fourth-order valence-corrected chi connectivity index (χ4v) is 2.91. The highest BCUT2D eigenvalue weighted by Crippen LogP contribution is 2.25. The van der Waals surface area contributed by atoms with Crippen LogP contribution in [0.2, 0.25) is 0 Å². The Labute approximate surface area is 136 Å². The van der Waals surface area contributed by atoms with Crippen LogP contribution in [0.4, 0.5) is 0 Å². The number of piperidine rings is 1. The molecule has 1 saturated heterocycles. The van der Waals surface area contributed by atoms with Crippen molar-refractivity contribution in [3.8, 4) is 0 Å². The van der Waals surface area contributed by atoms with Gasteiger partial charge in [-0.1, -0.05) is 0 Å². The number of hydrogen-bond acceptors (Lipinski definition) is 5. The van der Waals surface area contributed by atoms with Gasteiger partial charge >= 0.3 is 0 Å². The number of aryl methyl sites for hydroxylation is 2. The summed E-state index contributed by atoms with van der Waals surface area (Å²) in [6.07, 6.45) is 2.90. The van der Waals surface area contributed by atoms with Gasteiger partial charge in [-0.3, -0.25) is 14.5 Å². The van der Waals surface area contributed by atoms with Gasteiger partial charge in [0, 0.05) is 30.8 Å². The van der Waals surface area contributed by atoms with Crippen LogP contribution in [0.5, 0.6) is 0 Å². The molecule has 0 aromatic carbocycles. The van der Waals surface area contributed by atoms with Crippen molar-refractivity contribution in [2.24, 2.45) is 5.73 Å². The quantitative estimate of drug-likeness (QED) is 0.776. The van der Waals surface area contributed by atoms with E-state index in [9.17, 15) is 9.59 Å². The fraction of sp³-hybridized carbons (Fsp3) is 0.625. The molecule has 0 radical (unpaired) electrons. The minimum absolute atomic E-state index is 0.0163. The topological polar surface area (TPSA) is 101 Å².